The van der Waals surface area contributed by atoms with Gasteiger partial charge in [-0.1, -0.05) is 0 Å². The van der Waals surface area contributed by atoms with Crippen molar-refractivity contribution in [2.75, 3.05) is 11.1 Å². The maximum absolute atomic E-state index is 5.75. The number of fused-ring (bicyclic) bond motifs is 1. The summed E-state index contributed by atoms with van der Waals surface area (Å²) in [7, 11) is 0. The summed E-state index contributed by atoms with van der Waals surface area (Å²) in [5, 5.41) is 4.36. The van der Waals surface area contributed by atoms with Crippen molar-refractivity contribution in [2.45, 2.75) is 20.4 Å². The van der Waals surface area contributed by atoms with Crippen LogP contribution in [0.15, 0.2) is 11.6 Å². The van der Waals surface area contributed by atoms with Crippen molar-refractivity contribution in [1.29, 1.82) is 0 Å². The van der Waals surface area contributed by atoms with Crippen LogP contribution in [0.1, 0.15) is 15.4 Å². The number of nitrogen functional groups attached to an aromatic ring is 1. The molecule has 0 saturated heterocycles. The Hall–Kier alpha value is -1.73. The van der Waals surface area contributed by atoms with Crippen molar-refractivity contribution >= 4 is 44.7 Å². The highest BCUT2D eigenvalue weighted by Gasteiger charge is 2.10. The summed E-state index contributed by atoms with van der Waals surface area (Å²) >= 11 is 3.26. The Kier molecular flexibility index (Phi) is 3.08. The number of anilines is 2. The van der Waals surface area contributed by atoms with Crippen LogP contribution < -0.4 is 11.1 Å². The number of nitrogens with one attached hydrogen (secondary N) is 1. The summed E-state index contributed by atoms with van der Waals surface area (Å²) in [4.78, 5) is 16.1. The second kappa shape index (κ2) is 4.75. The van der Waals surface area contributed by atoms with E-state index in [1.807, 2.05) is 12.4 Å². The van der Waals surface area contributed by atoms with Gasteiger partial charge in [-0.2, -0.15) is 4.98 Å². The Morgan fingerprint density at radius 1 is 1.32 bits per heavy atom. The van der Waals surface area contributed by atoms with Crippen molar-refractivity contribution in [1.82, 2.24) is 15.0 Å². The van der Waals surface area contributed by atoms with Crippen LogP contribution in [0.4, 0.5) is 11.8 Å². The minimum Gasteiger partial charge on any atom is -0.368 e. The van der Waals surface area contributed by atoms with Gasteiger partial charge in [-0.3, -0.25) is 0 Å². The van der Waals surface area contributed by atoms with Gasteiger partial charge in [0.1, 0.15) is 10.6 Å². The zero-order valence-electron chi connectivity index (χ0n) is 10.6. The Labute approximate surface area is 118 Å². The Bertz CT molecular complexity index is 731. The molecule has 0 aliphatic carbocycles. The maximum Gasteiger partial charge on any atom is 0.223 e. The summed E-state index contributed by atoms with van der Waals surface area (Å²) in [6.07, 6.45) is 0. The van der Waals surface area contributed by atoms with Gasteiger partial charge in [-0.15, -0.1) is 22.7 Å². The van der Waals surface area contributed by atoms with E-state index in [0.29, 0.717) is 12.5 Å². The van der Waals surface area contributed by atoms with Crippen molar-refractivity contribution in [3.63, 3.8) is 0 Å². The molecule has 0 fully saturated rings. The first-order valence-corrected chi connectivity index (χ1v) is 7.49. The molecule has 5 nitrogen and oxygen atoms in total. The third kappa shape index (κ3) is 2.39. The maximum atomic E-state index is 5.75. The summed E-state index contributed by atoms with van der Waals surface area (Å²) in [6, 6.07) is 2.08. The number of hydrogen-bond donors (Lipinski definition) is 2. The fraction of sp³-hybridized carbons (Fsp3) is 0.250. The van der Waals surface area contributed by atoms with E-state index in [-0.39, 0.29) is 0 Å². The molecule has 3 rings (SSSR count). The molecular formula is C12H13N5S2. The average Bonchev–Trinajstić information content (AvgIpc) is 2.91. The highest BCUT2D eigenvalue weighted by Crippen LogP contribution is 2.29. The second-order valence-corrected chi connectivity index (χ2v) is 6.39. The standard InChI is InChI=1S/C12H13N5S2/c1-6-3-8-10(16-12(13)17-11(8)19-6)14-4-9-7(2)15-5-18-9/h3,5H,4H2,1-2H3,(H3,13,14,16,17). The predicted octanol–water partition coefficient (Wildman–Crippen LogP) is 2.96. The zero-order valence-corrected chi connectivity index (χ0v) is 12.2. The van der Waals surface area contributed by atoms with Crippen LogP contribution in [0, 0.1) is 13.8 Å². The van der Waals surface area contributed by atoms with Crippen molar-refractivity contribution in [2.24, 2.45) is 0 Å². The molecule has 0 aliphatic rings. The molecule has 0 aliphatic heterocycles. The lowest BCUT2D eigenvalue weighted by Gasteiger charge is -2.06. The topological polar surface area (TPSA) is 76.7 Å². The van der Waals surface area contributed by atoms with Gasteiger partial charge in [0.15, 0.2) is 0 Å². The van der Waals surface area contributed by atoms with Crippen molar-refractivity contribution in [3.8, 4) is 0 Å². The quantitative estimate of drug-likeness (QED) is 0.776. The lowest BCUT2D eigenvalue weighted by molar-refractivity contribution is 1.10. The van der Waals surface area contributed by atoms with E-state index >= 15 is 0 Å². The first-order valence-electron chi connectivity index (χ1n) is 5.80. The molecule has 0 unspecified atom stereocenters. The summed E-state index contributed by atoms with van der Waals surface area (Å²) in [5.41, 5.74) is 8.65. The number of nitrogens with two attached hydrogens (primary N) is 1. The van der Waals surface area contributed by atoms with Crippen LogP contribution in [0.3, 0.4) is 0 Å². The van der Waals surface area contributed by atoms with E-state index in [0.717, 1.165) is 21.7 Å². The molecule has 3 N–H and O–H groups in total. The Morgan fingerprint density at radius 3 is 2.89 bits per heavy atom. The highest BCUT2D eigenvalue weighted by atomic mass is 32.1. The monoisotopic (exact) mass is 291 g/mol. The lowest BCUT2D eigenvalue weighted by Crippen LogP contribution is -2.04. The van der Waals surface area contributed by atoms with Crippen LogP contribution in [-0.2, 0) is 6.54 Å². The molecule has 3 aromatic heterocycles. The summed E-state index contributed by atoms with van der Waals surface area (Å²) < 4.78 is 0. The smallest absolute Gasteiger partial charge is 0.223 e. The van der Waals surface area contributed by atoms with E-state index in [2.05, 4.69) is 33.3 Å². The minimum absolute atomic E-state index is 0.304. The van der Waals surface area contributed by atoms with Gasteiger partial charge in [-0.05, 0) is 19.9 Å². The number of hydrogen-bond acceptors (Lipinski definition) is 7. The fourth-order valence-corrected chi connectivity index (χ4v) is 3.46. The number of nitrogens with zero attached hydrogens (tertiary/aromatic N) is 3. The fourth-order valence-electron chi connectivity index (χ4n) is 1.85. The normalized spacial score (nSPS) is 11.1. The number of thiophene rings is 1. The molecule has 0 atom stereocenters. The van der Waals surface area contributed by atoms with Crippen molar-refractivity contribution in [3.05, 3.63) is 27.0 Å². The lowest BCUT2D eigenvalue weighted by atomic mass is 10.3. The SMILES string of the molecule is Cc1cc2c(NCc3scnc3C)nc(N)nc2s1. The molecule has 0 radical (unpaired) electrons. The minimum atomic E-state index is 0.304. The van der Waals surface area contributed by atoms with Gasteiger partial charge in [0.2, 0.25) is 5.95 Å². The third-order valence-electron chi connectivity index (χ3n) is 2.79. The molecule has 98 valence electrons. The van der Waals surface area contributed by atoms with Gasteiger partial charge in [-0.25, -0.2) is 9.97 Å². The first-order chi connectivity index (χ1) is 9.13. The first kappa shape index (κ1) is 12.3. The number of thiazole rings is 1. The molecule has 0 spiro atoms. The van der Waals surface area contributed by atoms with Crippen LogP contribution in [0.2, 0.25) is 0 Å². The third-order valence-corrected chi connectivity index (χ3v) is 4.67. The van der Waals surface area contributed by atoms with Crippen molar-refractivity contribution < 1.29 is 0 Å². The number of aromatic nitrogens is 3. The van der Waals surface area contributed by atoms with E-state index in [9.17, 15) is 0 Å². The van der Waals surface area contributed by atoms with Gasteiger partial charge < -0.3 is 11.1 Å². The molecule has 0 amide bonds. The van der Waals surface area contributed by atoms with Gasteiger partial charge in [0.25, 0.3) is 0 Å². The molecule has 7 heteroatoms. The Balaban J connectivity index is 1.94. The van der Waals surface area contributed by atoms with Gasteiger partial charge in [0.05, 0.1) is 23.1 Å². The second-order valence-electron chi connectivity index (χ2n) is 4.22. The van der Waals surface area contributed by atoms with Gasteiger partial charge >= 0.3 is 0 Å². The van der Waals surface area contributed by atoms with E-state index in [4.69, 9.17) is 5.73 Å². The number of rotatable bonds is 3. The predicted molar refractivity (Wildman–Crippen MR) is 80.7 cm³/mol. The van der Waals surface area contributed by atoms with Crippen LogP contribution >= 0.6 is 22.7 Å². The highest BCUT2D eigenvalue weighted by molar-refractivity contribution is 7.18. The Morgan fingerprint density at radius 2 is 2.16 bits per heavy atom. The van der Waals surface area contributed by atoms with Crippen LogP contribution in [-0.4, -0.2) is 15.0 Å². The molecule has 0 bridgehead atoms. The van der Waals surface area contributed by atoms with Crippen LogP contribution in [0.25, 0.3) is 10.2 Å². The largest absolute Gasteiger partial charge is 0.368 e. The van der Waals surface area contributed by atoms with Gasteiger partial charge in [0, 0.05) is 9.75 Å². The average molecular weight is 291 g/mol. The van der Waals surface area contributed by atoms with Crippen LogP contribution in [0.5, 0.6) is 0 Å². The van der Waals surface area contributed by atoms with E-state index in [1.54, 1.807) is 22.7 Å². The molecule has 0 aromatic carbocycles. The molecule has 3 aromatic rings. The molecule has 0 saturated carbocycles. The van der Waals surface area contributed by atoms with E-state index < -0.39 is 0 Å². The summed E-state index contributed by atoms with van der Waals surface area (Å²) in [5.74, 6) is 1.09. The van der Waals surface area contributed by atoms with E-state index in [1.165, 1.54) is 9.75 Å². The molecular weight excluding hydrogens is 278 g/mol. The zero-order chi connectivity index (χ0) is 13.4. The molecule has 3 heterocycles. The molecule has 19 heavy (non-hydrogen) atoms. The number of aryl methyl sites for hydroxylation is 2. The summed E-state index contributed by atoms with van der Waals surface area (Å²) in [6.45, 7) is 4.77.